The highest BCUT2D eigenvalue weighted by Gasteiger charge is 2.27. The van der Waals surface area contributed by atoms with Crippen LogP contribution in [0.3, 0.4) is 0 Å². The average Bonchev–Trinajstić information content (AvgIpc) is 3.31. The number of piperidine rings is 1. The molecule has 0 atom stereocenters. The van der Waals surface area contributed by atoms with Crippen LogP contribution < -0.4 is 4.90 Å². The van der Waals surface area contributed by atoms with E-state index in [0.717, 1.165) is 37.9 Å². The van der Waals surface area contributed by atoms with E-state index in [1.807, 2.05) is 23.9 Å². The van der Waals surface area contributed by atoms with Gasteiger partial charge in [-0.1, -0.05) is 18.2 Å². The van der Waals surface area contributed by atoms with Crippen molar-refractivity contribution < 1.29 is 9.32 Å². The SMILES string of the molecule is CN(C)c1noc(C2CCN(C(=O)Cc3ccc4c(c3)CCC4)CC2)n1. The highest BCUT2D eigenvalue weighted by Crippen LogP contribution is 2.28. The Hall–Kier alpha value is -2.37. The molecule has 0 radical (unpaired) electrons. The van der Waals surface area contributed by atoms with Crippen LogP contribution in [0.1, 0.15) is 47.8 Å². The van der Waals surface area contributed by atoms with Gasteiger partial charge in [-0.2, -0.15) is 4.98 Å². The molecule has 0 bridgehead atoms. The van der Waals surface area contributed by atoms with Crippen molar-refractivity contribution in [2.45, 2.75) is 44.4 Å². The minimum absolute atomic E-state index is 0.223. The number of aryl methyl sites for hydroxylation is 2. The summed E-state index contributed by atoms with van der Waals surface area (Å²) in [7, 11) is 3.80. The molecule has 2 heterocycles. The second kappa shape index (κ2) is 7.09. The Kier molecular flexibility index (Phi) is 4.66. The lowest BCUT2D eigenvalue weighted by Gasteiger charge is -2.30. The molecule has 1 saturated heterocycles. The van der Waals surface area contributed by atoms with Crippen LogP contribution in [0.25, 0.3) is 0 Å². The van der Waals surface area contributed by atoms with E-state index in [9.17, 15) is 4.79 Å². The highest BCUT2D eigenvalue weighted by atomic mass is 16.5. The minimum atomic E-state index is 0.223. The lowest BCUT2D eigenvalue weighted by atomic mass is 9.96. The van der Waals surface area contributed by atoms with Crippen LogP contribution in [0, 0.1) is 0 Å². The van der Waals surface area contributed by atoms with Gasteiger partial charge in [0.05, 0.1) is 6.42 Å². The van der Waals surface area contributed by atoms with Crippen LogP contribution in [-0.4, -0.2) is 48.1 Å². The van der Waals surface area contributed by atoms with Crippen LogP contribution in [0.5, 0.6) is 0 Å². The van der Waals surface area contributed by atoms with Gasteiger partial charge in [0.2, 0.25) is 11.8 Å². The Morgan fingerprint density at radius 3 is 2.73 bits per heavy atom. The number of carbonyl (C=O) groups excluding carboxylic acids is 1. The molecule has 6 heteroatoms. The summed E-state index contributed by atoms with van der Waals surface area (Å²) in [6.45, 7) is 1.52. The molecule has 0 spiro atoms. The molecule has 4 rings (SSSR count). The molecule has 1 fully saturated rings. The van der Waals surface area contributed by atoms with Crippen molar-refractivity contribution in [3.05, 3.63) is 40.8 Å². The van der Waals surface area contributed by atoms with Gasteiger partial charge in [0.25, 0.3) is 5.95 Å². The van der Waals surface area contributed by atoms with E-state index in [-0.39, 0.29) is 11.8 Å². The second-order valence-corrected chi connectivity index (χ2v) is 7.62. The van der Waals surface area contributed by atoms with Gasteiger partial charge in [-0.25, -0.2) is 0 Å². The maximum atomic E-state index is 12.7. The molecule has 1 aromatic heterocycles. The van der Waals surface area contributed by atoms with E-state index in [2.05, 4.69) is 28.3 Å². The fourth-order valence-electron chi connectivity index (χ4n) is 3.97. The number of hydrogen-bond acceptors (Lipinski definition) is 5. The van der Waals surface area contributed by atoms with Gasteiger partial charge in [0.1, 0.15) is 0 Å². The van der Waals surface area contributed by atoms with Crippen LogP contribution in [0.2, 0.25) is 0 Å². The predicted octanol–water partition coefficient (Wildman–Crippen LogP) is 2.57. The molecule has 26 heavy (non-hydrogen) atoms. The van der Waals surface area contributed by atoms with E-state index in [1.165, 1.54) is 24.0 Å². The summed E-state index contributed by atoms with van der Waals surface area (Å²) in [5.74, 6) is 1.77. The fraction of sp³-hybridized carbons (Fsp3) is 0.550. The predicted molar refractivity (Wildman–Crippen MR) is 99.4 cm³/mol. The molecule has 1 aliphatic heterocycles. The number of anilines is 1. The molecule has 1 aliphatic carbocycles. The van der Waals surface area contributed by atoms with Crippen LogP contribution in [0.4, 0.5) is 5.95 Å². The first-order valence-corrected chi connectivity index (χ1v) is 9.49. The molecule has 2 aromatic rings. The number of rotatable bonds is 4. The number of aromatic nitrogens is 2. The normalized spacial score (nSPS) is 17.4. The second-order valence-electron chi connectivity index (χ2n) is 7.62. The number of benzene rings is 1. The third kappa shape index (κ3) is 3.45. The van der Waals surface area contributed by atoms with Gasteiger partial charge in [0.15, 0.2) is 0 Å². The fourth-order valence-corrected chi connectivity index (χ4v) is 3.97. The third-order valence-electron chi connectivity index (χ3n) is 5.55. The topological polar surface area (TPSA) is 62.5 Å². The zero-order valence-electron chi connectivity index (χ0n) is 15.6. The van der Waals surface area contributed by atoms with Crippen molar-refractivity contribution in [3.63, 3.8) is 0 Å². The first kappa shape index (κ1) is 17.1. The highest BCUT2D eigenvalue weighted by molar-refractivity contribution is 5.79. The maximum absolute atomic E-state index is 12.7. The summed E-state index contributed by atoms with van der Waals surface area (Å²) in [5, 5.41) is 3.99. The van der Waals surface area contributed by atoms with Crippen molar-refractivity contribution in [3.8, 4) is 0 Å². The summed E-state index contributed by atoms with van der Waals surface area (Å²) in [5.41, 5.74) is 4.03. The number of hydrogen-bond donors (Lipinski definition) is 0. The van der Waals surface area contributed by atoms with Crippen LogP contribution in [-0.2, 0) is 24.1 Å². The molecule has 0 unspecified atom stereocenters. The number of nitrogens with zero attached hydrogens (tertiary/aromatic N) is 4. The third-order valence-corrected chi connectivity index (χ3v) is 5.55. The Morgan fingerprint density at radius 1 is 1.23 bits per heavy atom. The van der Waals surface area contributed by atoms with Crippen molar-refractivity contribution in [1.29, 1.82) is 0 Å². The van der Waals surface area contributed by atoms with Crippen molar-refractivity contribution in [2.24, 2.45) is 0 Å². The summed E-state index contributed by atoms with van der Waals surface area (Å²) in [4.78, 5) is 20.9. The molecular formula is C20H26N4O2. The Balaban J connectivity index is 1.33. The molecule has 0 saturated carbocycles. The van der Waals surface area contributed by atoms with E-state index < -0.39 is 0 Å². The lowest BCUT2D eigenvalue weighted by Crippen LogP contribution is -2.38. The van der Waals surface area contributed by atoms with Gasteiger partial charge in [-0.15, -0.1) is 0 Å². The summed E-state index contributed by atoms with van der Waals surface area (Å²) < 4.78 is 5.39. The Labute approximate surface area is 154 Å². The average molecular weight is 354 g/mol. The molecule has 138 valence electrons. The number of fused-ring (bicyclic) bond motifs is 1. The molecule has 0 N–H and O–H groups in total. The Bertz CT molecular complexity index is 791. The largest absolute Gasteiger partial charge is 0.344 e. The van der Waals surface area contributed by atoms with E-state index >= 15 is 0 Å². The molecule has 1 aromatic carbocycles. The summed E-state index contributed by atoms with van der Waals surface area (Å²) in [6, 6.07) is 6.55. The van der Waals surface area contributed by atoms with Crippen molar-refractivity contribution in [2.75, 3.05) is 32.1 Å². The molecular weight excluding hydrogens is 328 g/mol. The first-order valence-electron chi connectivity index (χ1n) is 9.49. The molecule has 1 amide bonds. The van der Waals surface area contributed by atoms with Crippen molar-refractivity contribution >= 4 is 11.9 Å². The zero-order chi connectivity index (χ0) is 18.1. The summed E-state index contributed by atoms with van der Waals surface area (Å²) >= 11 is 0. The van der Waals surface area contributed by atoms with E-state index in [1.54, 1.807) is 0 Å². The van der Waals surface area contributed by atoms with Gasteiger partial charge >= 0.3 is 0 Å². The number of carbonyl (C=O) groups is 1. The number of amides is 1. The monoisotopic (exact) mass is 354 g/mol. The zero-order valence-corrected chi connectivity index (χ0v) is 15.6. The first-order chi connectivity index (χ1) is 12.6. The van der Waals surface area contributed by atoms with E-state index in [0.29, 0.717) is 18.3 Å². The Morgan fingerprint density at radius 2 is 2.00 bits per heavy atom. The van der Waals surface area contributed by atoms with Crippen LogP contribution in [0.15, 0.2) is 22.7 Å². The quantitative estimate of drug-likeness (QED) is 0.844. The van der Waals surface area contributed by atoms with E-state index in [4.69, 9.17) is 4.52 Å². The van der Waals surface area contributed by atoms with Crippen molar-refractivity contribution in [1.82, 2.24) is 15.0 Å². The van der Waals surface area contributed by atoms with Gasteiger partial charge in [0, 0.05) is 33.1 Å². The smallest absolute Gasteiger partial charge is 0.265 e. The van der Waals surface area contributed by atoms with Crippen LogP contribution >= 0.6 is 0 Å². The van der Waals surface area contributed by atoms with Gasteiger partial charge < -0.3 is 14.3 Å². The van der Waals surface area contributed by atoms with Gasteiger partial charge in [-0.05, 0) is 54.0 Å². The summed E-state index contributed by atoms with van der Waals surface area (Å²) in [6.07, 6.45) is 5.84. The maximum Gasteiger partial charge on any atom is 0.265 e. The standard InChI is InChI=1S/C20H26N4O2/c1-23(2)20-21-19(26-22-20)16-8-10-24(11-9-16)18(25)13-14-6-7-15-4-3-5-17(15)12-14/h6-7,12,16H,3-5,8-11,13H2,1-2H3. The van der Waals surface area contributed by atoms with Gasteiger partial charge in [-0.3, -0.25) is 4.79 Å². The minimum Gasteiger partial charge on any atom is -0.344 e. The molecule has 6 nitrogen and oxygen atoms in total. The molecule has 2 aliphatic rings. The lowest BCUT2D eigenvalue weighted by molar-refractivity contribution is -0.131. The number of likely N-dealkylation sites (tertiary alicyclic amines) is 1.